The lowest BCUT2D eigenvalue weighted by molar-refractivity contribution is -0.151. The first-order chi connectivity index (χ1) is 16.2. The van der Waals surface area contributed by atoms with E-state index in [4.69, 9.17) is 4.74 Å². The number of nitrogens with one attached hydrogen (secondary N) is 1. The molecule has 0 spiro atoms. The number of ether oxygens (including phenoxy) is 1. The zero-order valence-corrected chi connectivity index (χ0v) is 18.3. The summed E-state index contributed by atoms with van der Waals surface area (Å²) in [6, 6.07) is 9.09. The van der Waals surface area contributed by atoms with Crippen LogP contribution in [0.25, 0.3) is 11.3 Å². The van der Waals surface area contributed by atoms with Crippen molar-refractivity contribution in [2.24, 2.45) is 0 Å². The van der Waals surface area contributed by atoms with E-state index in [0.717, 1.165) is 23.3 Å². The van der Waals surface area contributed by atoms with Crippen molar-refractivity contribution >= 4 is 11.9 Å². The quantitative estimate of drug-likeness (QED) is 0.485. The fourth-order valence-corrected chi connectivity index (χ4v) is 3.97. The normalized spacial score (nSPS) is 17.6. The van der Waals surface area contributed by atoms with Gasteiger partial charge in [-0.15, -0.1) is 0 Å². The maximum atomic E-state index is 14.3. The number of carbonyl (C=O) groups is 2. The first kappa shape index (κ1) is 24.1. The van der Waals surface area contributed by atoms with Gasteiger partial charge in [-0.25, -0.2) is 14.2 Å². The Labute approximate surface area is 193 Å². The van der Waals surface area contributed by atoms with E-state index in [1.54, 1.807) is 30.3 Å². The molecule has 0 radical (unpaired) electrons. The summed E-state index contributed by atoms with van der Waals surface area (Å²) in [5, 5.41) is 3.31. The smallest absolute Gasteiger partial charge is 0.381 e. The van der Waals surface area contributed by atoms with Crippen molar-refractivity contribution in [3.05, 3.63) is 53.5 Å². The number of benzene rings is 1. The average molecular weight is 480 g/mol. The molecule has 2 aromatic rings. The number of alkyl halides is 3. The lowest BCUT2D eigenvalue weighted by Crippen LogP contribution is -2.39. The zero-order chi connectivity index (χ0) is 24.3. The molecule has 0 saturated carbocycles. The second-order valence-electron chi connectivity index (χ2n) is 8.32. The van der Waals surface area contributed by atoms with Gasteiger partial charge in [0.1, 0.15) is 18.9 Å². The van der Waals surface area contributed by atoms with Crippen LogP contribution in [0.5, 0.6) is 0 Å². The van der Waals surface area contributed by atoms with Crippen molar-refractivity contribution < 1.29 is 31.9 Å². The molecule has 1 aromatic heterocycles. The highest BCUT2D eigenvalue weighted by Crippen LogP contribution is 2.24. The number of rotatable bonds is 7. The van der Waals surface area contributed by atoms with E-state index in [9.17, 15) is 27.2 Å². The van der Waals surface area contributed by atoms with Crippen molar-refractivity contribution in [3.63, 3.8) is 0 Å². The summed E-state index contributed by atoms with van der Waals surface area (Å²) in [5.41, 5.74) is 2.24. The van der Waals surface area contributed by atoms with Crippen LogP contribution >= 0.6 is 0 Å². The molecule has 2 fully saturated rings. The Morgan fingerprint density at radius 3 is 2.44 bits per heavy atom. The topological polar surface area (TPSA) is 74.8 Å². The molecule has 7 nitrogen and oxygen atoms in total. The minimum atomic E-state index is -4.65. The van der Waals surface area contributed by atoms with Gasteiger partial charge in [-0.05, 0) is 30.5 Å². The molecule has 34 heavy (non-hydrogen) atoms. The lowest BCUT2D eigenvalue weighted by atomic mass is 10.1. The van der Waals surface area contributed by atoms with Gasteiger partial charge in [0.25, 0.3) is 5.91 Å². The van der Waals surface area contributed by atoms with Crippen LogP contribution in [0.4, 0.5) is 22.4 Å². The van der Waals surface area contributed by atoms with E-state index < -0.39 is 37.0 Å². The SMILES string of the molecule is O=C1CN(Cc2ccc(-c3ccc(F)c(CNC4CCOCC4)n3)cc2)C(=O)N1CC(F)(F)F. The van der Waals surface area contributed by atoms with Gasteiger partial charge in [0.05, 0.1) is 11.4 Å². The summed E-state index contributed by atoms with van der Waals surface area (Å²) in [5.74, 6) is -1.28. The van der Waals surface area contributed by atoms with Crippen molar-refractivity contribution in [2.45, 2.75) is 38.1 Å². The fraction of sp³-hybridized carbons (Fsp3) is 0.435. The number of aromatic nitrogens is 1. The van der Waals surface area contributed by atoms with Crippen molar-refractivity contribution in [2.75, 3.05) is 26.3 Å². The number of halogens is 4. The number of urea groups is 1. The van der Waals surface area contributed by atoms with Crippen LogP contribution in [-0.2, 0) is 22.6 Å². The van der Waals surface area contributed by atoms with Crippen molar-refractivity contribution in [1.82, 2.24) is 20.1 Å². The van der Waals surface area contributed by atoms with Crippen molar-refractivity contribution in [1.29, 1.82) is 0 Å². The molecule has 2 aliphatic rings. The Morgan fingerprint density at radius 1 is 1.06 bits per heavy atom. The molecular formula is C23H24F4N4O3. The highest BCUT2D eigenvalue weighted by Gasteiger charge is 2.42. The van der Waals surface area contributed by atoms with Crippen LogP contribution in [0.1, 0.15) is 24.1 Å². The molecule has 2 aliphatic heterocycles. The molecule has 3 amide bonds. The second kappa shape index (κ2) is 10.1. The molecule has 4 rings (SSSR count). The molecule has 3 heterocycles. The van der Waals surface area contributed by atoms with E-state index in [1.807, 2.05) is 0 Å². The molecule has 1 N–H and O–H groups in total. The maximum Gasteiger partial charge on any atom is 0.406 e. The standard InChI is InChI=1S/C23H24F4N4O3/c24-18-5-6-19(29-20(18)11-28-17-7-9-34-10-8-17)16-3-1-15(2-4-16)12-30-13-21(32)31(22(30)33)14-23(25,26)27/h1-6,17,28H,7-14H2. The second-order valence-corrected chi connectivity index (χ2v) is 8.32. The number of imide groups is 1. The third kappa shape index (κ3) is 5.89. The number of pyridine rings is 1. The first-order valence-electron chi connectivity index (χ1n) is 10.9. The number of carbonyl (C=O) groups excluding carboxylic acids is 2. The fourth-order valence-electron chi connectivity index (χ4n) is 3.97. The Kier molecular flexibility index (Phi) is 7.13. The van der Waals surface area contributed by atoms with Crippen LogP contribution in [0.3, 0.4) is 0 Å². The van der Waals surface area contributed by atoms with Crippen LogP contribution < -0.4 is 5.32 Å². The summed E-state index contributed by atoms with van der Waals surface area (Å²) in [6.45, 7) is -0.352. The molecule has 0 aliphatic carbocycles. The minimum absolute atomic E-state index is 0.00364. The third-order valence-corrected chi connectivity index (χ3v) is 5.79. The number of amides is 3. The predicted octanol–water partition coefficient (Wildman–Crippen LogP) is 3.48. The summed E-state index contributed by atoms with van der Waals surface area (Å²) < 4.78 is 57.4. The largest absolute Gasteiger partial charge is 0.406 e. The first-order valence-corrected chi connectivity index (χ1v) is 10.9. The Balaban J connectivity index is 1.40. The summed E-state index contributed by atoms with van der Waals surface area (Å²) >= 11 is 0. The van der Waals surface area contributed by atoms with E-state index >= 15 is 0 Å². The van der Waals surface area contributed by atoms with Crippen LogP contribution in [0, 0.1) is 5.82 Å². The molecule has 0 atom stereocenters. The van der Waals surface area contributed by atoms with Gasteiger partial charge in [0.15, 0.2) is 0 Å². The molecular weight excluding hydrogens is 456 g/mol. The molecule has 1 aromatic carbocycles. The van der Waals surface area contributed by atoms with Gasteiger partial charge >= 0.3 is 12.2 Å². The molecule has 0 unspecified atom stereocenters. The number of hydrogen-bond donors (Lipinski definition) is 1. The van der Waals surface area contributed by atoms with Gasteiger partial charge < -0.3 is 15.0 Å². The number of hydrogen-bond acceptors (Lipinski definition) is 5. The minimum Gasteiger partial charge on any atom is -0.381 e. The highest BCUT2D eigenvalue weighted by atomic mass is 19.4. The highest BCUT2D eigenvalue weighted by molar-refractivity contribution is 6.02. The van der Waals surface area contributed by atoms with Crippen LogP contribution in [0.2, 0.25) is 0 Å². The van der Waals surface area contributed by atoms with E-state index in [-0.39, 0.29) is 17.5 Å². The monoisotopic (exact) mass is 480 g/mol. The van der Waals surface area contributed by atoms with Gasteiger partial charge in [-0.1, -0.05) is 24.3 Å². The Hall–Kier alpha value is -3.05. The van der Waals surface area contributed by atoms with Crippen molar-refractivity contribution in [3.8, 4) is 11.3 Å². The molecule has 11 heteroatoms. The van der Waals surface area contributed by atoms with Gasteiger partial charge in [-0.2, -0.15) is 13.2 Å². The Morgan fingerprint density at radius 2 is 1.76 bits per heavy atom. The zero-order valence-electron chi connectivity index (χ0n) is 18.3. The average Bonchev–Trinajstić information content (AvgIpc) is 3.06. The van der Waals surface area contributed by atoms with Crippen LogP contribution in [-0.4, -0.2) is 65.2 Å². The van der Waals surface area contributed by atoms with E-state index in [0.29, 0.717) is 36.7 Å². The Bertz CT molecular complexity index is 1040. The lowest BCUT2D eigenvalue weighted by Gasteiger charge is -2.23. The maximum absolute atomic E-state index is 14.3. The van der Waals surface area contributed by atoms with Crippen LogP contribution in [0.15, 0.2) is 36.4 Å². The van der Waals surface area contributed by atoms with Gasteiger partial charge in [0.2, 0.25) is 0 Å². The summed E-state index contributed by atoms with van der Waals surface area (Å²) in [4.78, 5) is 29.8. The van der Waals surface area contributed by atoms with E-state index in [2.05, 4.69) is 10.3 Å². The van der Waals surface area contributed by atoms with Gasteiger partial charge in [0, 0.05) is 37.9 Å². The summed E-state index contributed by atoms with van der Waals surface area (Å²) in [7, 11) is 0. The molecule has 0 bridgehead atoms. The molecule has 2 saturated heterocycles. The third-order valence-electron chi connectivity index (χ3n) is 5.79. The van der Waals surface area contributed by atoms with E-state index in [1.165, 1.54) is 6.07 Å². The molecule has 182 valence electrons. The number of nitrogens with zero attached hydrogens (tertiary/aromatic N) is 3. The van der Waals surface area contributed by atoms with Gasteiger partial charge in [-0.3, -0.25) is 9.69 Å². The predicted molar refractivity (Wildman–Crippen MR) is 114 cm³/mol. The summed E-state index contributed by atoms with van der Waals surface area (Å²) in [6.07, 6.45) is -2.92.